The largest absolute Gasteiger partial charge is 0.397 e. The van der Waals surface area contributed by atoms with Gasteiger partial charge in [0, 0.05) is 18.2 Å². The van der Waals surface area contributed by atoms with Crippen molar-refractivity contribution in [2.75, 3.05) is 24.2 Å². The highest BCUT2D eigenvalue weighted by Crippen LogP contribution is 2.21. The van der Waals surface area contributed by atoms with Gasteiger partial charge in [-0.3, -0.25) is 4.79 Å². The molecule has 1 rings (SSSR count). The molecule has 0 fully saturated rings. The first-order valence-corrected chi connectivity index (χ1v) is 6.17. The average Bonchev–Trinajstić information content (AvgIpc) is 2.37. The first-order valence-electron chi connectivity index (χ1n) is 6.17. The predicted octanol–water partition coefficient (Wildman–Crippen LogP) is 1.20. The Balaban J connectivity index is 2.82. The van der Waals surface area contributed by atoms with Gasteiger partial charge in [0.1, 0.15) is 0 Å². The van der Waals surface area contributed by atoms with Crippen LogP contribution >= 0.6 is 0 Å². The summed E-state index contributed by atoms with van der Waals surface area (Å²) < 4.78 is 0. The molecule has 0 saturated heterocycles. The topological polar surface area (TPSA) is 87.4 Å². The van der Waals surface area contributed by atoms with Crippen LogP contribution in [-0.2, 0) is 0 Å². The van der Waals surface area contributed by atoms with Crippen LogP contribution in [0.3, 0.4) is 0 Å². The number of nitrogens with two attached hydrogens (primary N) is 1. The van der Waals surface area contributed by atoms with Crippen molar-refractivity contribution in [3.05, 3.63) is 23.8 Å². The predicted molar refractivity (Wildman–Crippen MR) is 73.6 cm³/mol. The molecule has 1 aromatic carbocycles. The highest BCUT2D eigenvalue weighted by Gasteiger charge is 2.10. The first kappa shape index (κ1) is 14.3. The molecular formula is C13H21N3O2. The van der Waals surface area contributed by atoms with Crippen LogP contribution in [0.5, 0.6) is 0 Å². The van der Waals surface area contributed by atoms with E-state index in [1.165, 1.54) is 0 Å². The summed E-state index contributed by atoms with van der Waals surface area (Å²) in [7, 11) is 0. The molecule has 18 heavy (non-hydrogen) atoms. The van der Waals surface area contributed by atoms with Crippen LogP contribution in [0.1, 0.15) is 30.6 Å². The summed E-state index contributed by atoms with van der Waals surface area (Å²) in [5, 5.41) is 15.0. The number of nitrogens with one attached hydrogen (secondary N) is 2. The van der Waals surface area contributed by atoms with Crippen molar-refractivity contribution < 1.29 is 9.90 Å². The maximum Gasteiger partial charge on any atom is 0.251 e. The van der Waals surface area contributed by atoms with E-state index in [0.717, 1.165) is 12.1 Å². The fourth-order valence-electron chi connectivity index (χ4n) is 1.59. The molecule has 1 aromatic rings. The molecular weight excluding hydrogens is 230 g/mol. The Hall–Kier alpha value is -1.75. The zero-order valence-electron chi connectivity index (χ0n) is 10.9. The molecule has 0 aromatic heterocycles. The van der Waals surface area contributed by atoms with Gasteiger partial charge in [0.25, 0.3) is 5.91 Å². The fraction of sp³-hybridized carbons (Fsp3) is 0.462. The van der Waals surface area contributed by atoms with Gasteiger partial charge in [-0.05, 0) is 31.5 Å². The number of hydrogen-bond acceptors (Lipinski definition) is 4. The molecule has 100 valence electrons. The summed E-state index contributed by atoms with van der Waals surface area (Å²) in [5.41, 5.74) is 7.67. The highest BCUT2D eigenvalue weighted by molar-refractivity contribution is 5.96. The lowest BCUT2D eigenvalue weighted by Gasteiger charge is -2.17. The Morgan fingerprint density at radius 1 is 1.44 bits per heavy atom. The summed E-state index contributed by atoms with van der Waals surface area (Å²) in [4.78, 5) is 11.6. The number of nitrogen functional groups attached to an aromatic ring is 1. The summed E-state index contributed by atoms with van der Waals surface area (Å²) in [5.74, 6) is -0.134. The molecule has 5 N–H and O–H groups in total. The van der Waals surface area contributed by atoms with Crippen molar-refractivity contribution in [2.24, 2.45) is 0 Å². The van der Waals surface area contributed by atoms with Gasteiger partial charge >= 0.3 is 0 Å². The molecule has 1 unspecified atom stereocenters. The van der Waals surface area contributed by atoms with Crippen molar-refractivity contribution in [1.82, 2.24) is 5.32 Å². The standard InChI is InChI=1S/C13H21N3O2/c1-3-10(8-17)16-12-6-5-9(7-11(12)14)13(18)15-4-2/h5-7,10,16-17H,3-4,8,14H2,1-2H3,(H,15,18). The van der Waals surface area contributed by atoms with E-state index >= 15 is 0 Å². The van der Waals surface area contributed by atoms with E-state index in [0.29, 0.717) is 17.8 Å². The summed E-state index contributed by atoms with van der Waals surface area (Å²) in [6.45, 7) is 4.48. The SMILES string of the molecule is CCNC(=O)c1ccc(NC(CC)CO)c(N)c1. The van der Waals surface area contributed by atoms with Crippen LogP contribution in [0.4, 0.5) is 11.4 Å². The Bertz CT molecular complexity index is 403. The van der Waals surface area contributed by atoms with Gasteiger partial charge in [-0.2, -0.15) is 0 Å². The van der Waals surface area contributed by atoms with Crippen LogP contribution in [0.25, 0.3) is 0 Å². The molecule has 0 heterocycles. The van der Waals surface area contributed by atoms with Gasteiger partial charge in [0.15, 0.2) is 0 Å². The zero-order chi connectivity index (χ0) is 13.5. The van der Waals surface area contributed by atoms with Crippen molar-refractivity contribution in [3.63, 3.8) is 0 Å². The Kier molecular flexibility index (Phi) is 5.45. The second-order valence-electron chi connectivity index (χ2n) is 4.09. The van der Waals surface area contributed by atoms with E-state index in [9.17, 15) is 4.79 Å². The van der Waals surface area contributed by atoms with Gasteiger partial charge in [0.2, 0.25) is 0 Å². The molecule has 1 atom stereocenters. The molecule has 0 aliphatic rings. The Labute approximate surface area is 107 Å². The van der Waals surface area contributed by atoms with Crippen molar-refractivity contribution in [1.29, 1.82) is 0 Å². The minimum absolute atomic E-state index is 0.0254. The minimum Gasteiger partial charge on any atom is -0.397 e. The first-order chi connectivity index (χ1) is 8.62. The third-order valence-electron chi connectivity index (χ3n) is 2.72. The van der Waals surface area contributed by atoms with Crippen LogP contribution in [0, 0.1) is 0 Å². The number of anilines is 2. The maximum absolute atomic E-state index is 11.6. The number of aliphatic hydroxyl groups excluding tert-OH is 1. The second kappa shape index (κ2) is 6.86. The fourth-order valence-corrected chi connectivity index (χ4v) is 1.59. The number of hydrogen-bond donors (Lipinski definition) is 4. The monoisotopic (exact) mass is 251 g/mol. The lowest BCUT2D eigenvalue weighted by atomic mass is 10.1. The van der Waals surface area contributed by atoms with Crippen LogP contribution in [0.2, 0.25) is 0 Å². The van der Waals surface area contributed by atoms with Crippen molar-refractivity contribution in [2.45, 2.75) is 26.3 Å². The number of rotatable bonds is 6. The van der Waals surface area contributed by atoms with E-state index in [1.54, 1.807) is 18.2 Å². The smallest absolute Gasteiger partial charge is 0.251 e. The molecule has 0 aliphatic carbocycles. The van der Waals surface area contributed by atoms with E-state index < -0.39 is 0 Å². The van der Waals surface area contributed by atoms with Gasteiger partial charge in [-0.1, -0.05) is 6.92 Å². The summed E-state index contributed by atoms with van der Waals surface area (Å²) >= 11 is 0. The Morgan fingerprint density at radius 3 is 2.67 bits per heavy atom. The summed E-state index contributed by atoms with van der Waals surface area (Å²) in [6, 6.07) is 5.09. The number of amides is 1. The molecule has 5 nitrogen and oxygen atoms in total. The van der Waals surface area contributed by atoms with Gasteiger partial charge in [-0.15, -0.1) is 0 Å². The normalized spacial score (nSPS) is 11.9. The second-order valence-corrected chi connectivity index (χ2v) is 4.09. The molecule has 5 heteroatoms. The number of carbonyl (C=O) groups is 1. The van der Waals surface area contributed by atoms with Crippen LogP contribution < -0.4 is 16.4 Å². The number of benzene rings is 1. The van der Waals surface area contributed by atoms with Crippen molar-refractivity contribution >= 4 is 17.3 Å². The van der Waals surface area contributed by atoms with E-state index in [1.807, 2.05) is 13.8 Å². The third-order valence-corrected chi connectivity index (χ3v) is 2.72. The molecule has 1 amide bonds. The summed E-state index contributed by atoms with van der Waals surface area (Å²) in [6.07, 6.45) is 0.800. The highest BCUT2D eigenvalue weighted by atomic mass is 16.3. The third kappa shape index (κ3) is 3.63. The minimum atomic E-state index is -0.134. The number of carbonyl (C=O) groups excluding carboxylic acids is 1. The van der Waals surface area contributed by atoms with E-state index in [4.69, 9.17) is 10.8 Å². The lowest BCUT2D eigenvalue weighted by Crippen LogP contribution is -2.24. The van der Waals surface area contributed by atoms with Crippen LogP contribution in [-0.4, -0.2) is 30.2 Å². The molecule has 0 saturated carbocycles. The lowest BCUT2D eigenvalue weighted by molar-refractivity contribution is 0.0956. The van der Waals surface area contributed by atoms with Gasteiger partial charge in [0.05, 0.1) is 18.0 Å². The maximum atomic E-state index is 11.6. The van der Waals surface area contributed by atoms with E-state index in [2.05, 4.69) is 10.6 Å². The van der Waals surface area contributed by atoms with E-state index in [-0.39, 0.29) is 18.6 Å². The molecule has 0 bridgehead atoms. The quantitative estimate of drug-likeness (QED) is 0.572. The zero-order valence-corrected chi connectivity index (χ0v) is 10.9. The average molecular weight is 251 g/mol. The molecule has 0 radical (unpaired) electrons. The molecule has 0 aliphatic heterocycles. The van der Waals surface area contributed by atoms with Crippen LogP contribution in [0.15, 0.2) is 18.2 Å². The Morgan fingerprint density at radius 2 is 2.17 bits per heavy atom. The number of aliphatic hydroxyl groups is 1. The van der Waals surface area contributed by atoms with Crippen molar-refractivity contribution in [3.8, 4) is 0 Å². The van der Waals surface area contributed by atoms with Gasteiger partial charge in [-0.25, -0.2) is 0 Å². The van der Waals surface area contributed by atoms with Gasteiger partial charge < -0.3 is 21.5 Å². The molecule has 0 spiro atoms.